The lowest BCUT2D eigenvalue weighted by molar-refractivity contribution is -0.136. The normalized spacial score (nSPS) is 33.7. The molecule has 0 aromatic heterocycles. The number of nitrogens with one attached hydrogen (secondary N) is 2. The molecule has 4 saturated carbocycles. The summed E-state index contributed by atoms with van der Waals surface area (Å²) in [6, 6.07) is 4.96. The van der Waals surface area contributed by atoms with E-state index < -0.39 is 6.04 Å². The molecule has 9 nitrogen and oxygen atoms in total. The number of imide groups is 1. The predicted molar refractivity (Wildman–Crippen MR) is 154 cm³/mol. The van der Waals surface area contributed by atoms with Gasteiger partial charge in [0.2, 0.25) is 11.8 Å². The van der Waals surface area contributed by atoms with Crippen LogP contribution in [0.2, 0.25) is 0 Å². The Hall–Kier alpha value is -2.49. The van der Waals surface area contributed by atoms with E-state index in [2.05, 4.69) is 20.4 Å². The summed E-state index contributed by atoms with van der Waals surface area (Å²) in [6.45, 7) is 8.40. The number of fused-ring (bicyclic) bond motifs is 1. The molecular formula is C32H45N5O4. The van der Waals surface area contributed by atoms with Gasteiger partial charge in [-0.25, -0.2) is 0 Å². The van der Waals surface area contributed by atoms with Crippen molar-refractivity contribution in [3.63, 3.8) is 0 Å². The summed E-state index contributed by atoms with van der Waals surface area (Å²) in [4.78, 5) is 43.8. The quantitative estimate of drug-likeness (QED) is 0.446. The summed E-state index contributed by atoms with van der Waals surface area (Å²) < 4.78 is 6.23. The Bertz CT molecular complexity index is 1150. The number of rotatable bonds is 9. The van der Waals surface area contributed by atoms with Gasteiger partial charge in [0.05, 0.1) is 6.54 Å². The van der Waals surface area contributed by atoms with E-state index in [1.54, 1.807) is 11.0 Å². The van der Waals surface area contributed by atoms with Gasteiger partial charge in [0, 0.05) is 55.8 Å². The SMILES string of the molecule is O=C1CCC(N2Cc3c(OCCN4CCCN(CCNC56CC7CC(CC(C7)C5)C6)CC4)cccc3C2=O)C(=O)N1. The van der Waals surface area contributed by atoms with E-state index >= 15 is 0 Å². The van der Waals surface area contributed by atoms with Gasteiger partial charge in [0.1, 0.15) is 18.4 Å². The van der Waals surface area contributed by atoms with Crippen LogP contribution in [0.1, 0.15) is 73.7 Å². The molecule has 1 aromatic rings. The fraction of sp³-hybridized carbons (Fsp3) is 0.719. The largest absolute Gasteiger partial charge is 0.492 e. The van der Waals surface area contributed by atoms with E-state index in [-0.39, 0.29) is 24.1 Å². The average molecular weight is 564 g/mol. The molecule has 9 heteroatoms. The zero-order valence-corrected chi connectivity index (χ0v) is 24.2. The Morgan fingerprint density at radius 1 is 0.927 bits per heavy atom. The second-order valence-corrected chi connectivity index (χ2v) is 13.7. The molecule has 4 aliphatic carbocycles. The van der Waals surface area contributed by atoms with Crippen LogP contribution in [0.25, 0.3) is 0 Å². The number of piperidine rings is 1. The van der Waals surface area contributed by atoms with Crippen LogP contribution in [0, 0.1) is 17.8 Å². The van der Waals surface area contributed by atoms with Gasteiger partial charge in [-0.1, -0.05) is 6.07 Å². The second kappa shape index (κ2) is 11.3. The average Bonchev–Trinajstić information content (AvgIpc) is 3.10. The monoisotopic (exact) mass is 563 g/mol. The van der Waals surface area contributed by atoms with Crippen molar-refractivity contribution in [2.75, 3.05) is 52.4 Å². The lowest BCUT2D eigenvalue weighted by Crippen LogP contribution is -2.59. The Kier molecular flexibility index (Phi) is 7.54. The summed E-state index contributed by atoms with van der Waals surface area (Å²) >= 11 is 0. The first-order chi connectivity index (χ1) is 19.9. The van der Waals surface area contributed by atoms with Gasteiger partial charge >= 0.3 is 0 Å². The van der Waals surface area contributed by atoms with Gasteiger partial charge in [-0.05, 0) is 94.3 Å². The first kappa shape index (κ1) is 27.3. The van der Waals surface area contributed by atoms with Gasteiger partial charge in [0.15, 0.2) is 0 Å². The van der Waals surface area contributed by atoms with Crippen LogP contribution in [-0.4, -0.2) is 96.4 Å². The summed E-state index contributed by atoms with van der Waals surface area (Å²) in [6.07, 6.45) is 10.5. The third kappa shape index (κ3) is 5.65. The molecule has 2 N–H and O–H groups in total. The predicted octanol–water partition coefficient (Wildman–Crippen LogP) is 2.39. The van der Waals surface area contributed by atoms with E-state index in [9.17, 15) is 14.4 Å². The van der Waals surface area contributed by atoms with E-state index in [1.807, 2.05) is 12.1 Å². The molecule has 0 spiro atoms. The van der Waals surface area contributed by atoms with Crippen LogP contribution in [0.3, 0.4) is 0 Å². The maximum Gasteiger partial charge on any atom is 0.255 e. The molecule has 41 heavy (non-hydrogen) atoms. The van der Waals surface area contributed by atoms with Crippen molar-refractivity contribution in [3.05, 3.63) is 29.3 Å². The molecule has 2 saturated heterocycles. The smallest absolute Gasteiger partial charge is 0.255 e. The van der Waals surface area contributed by atoms with Gasteiger partial charge < -0.3 is 19.9 Å². The molecule has 222 valence electrons. The van der Waals surface area contributed by atoms with Crippen molar-refractivity contribution >= 4 is 17.7 Å². The Balaban J connectivity index is 0.864. The molecule has 1 aromatic carbocycles. The Morgan fingerprint density at radius 2 is 1.63 bits per heavy atom. The number of benzene rings is 1. The molecule has 1 unspecified atom stereocenters. The van der Waals surface area contributed by atoms with Crippen molar-refractivity contribution in [1.29, 1.82) is 0 Å². The highest BCUT2D eigenvalue weighted by molar-refractivity contribution is 6.05. The van der Waals surface area contributed by atoms with Crippen molar-refractivity contribution < 1.29 is 19.1 Å². The number of nitrogens with zero attached hydrogens (tertiary/aromatic N) is 3. The molecule has 3 aliphatic heterocycles. The van der Waals surface area contributed by atoms with Crippen molar-refractivity contribution in [2.24, 2.45) is 17.8 Å². The lowest BCUT2D eigenvalue weighted by Gasteiger charge is -2.57. The Morgan fingerprint density at radius 3 is 2.34 bits per heavy atom. The number of carbonyl (C=O) groups is 3. The summed E-state index contributed by atoms with van der Waals surface area (Å²) in [7, 11) is 0. The number of ether oxygens (including phenoxy) is 1. The highest BCUT2D eigenvalue weighted by Crippen LogP contribution is 2.55. The number of hydrogen-bond donors (Lipinski definition) is 2. The molecule has 4 bridgehead atoms. The molecule has 3 amide bonds. The fourth-order valence-corrected chi connectivity index (χ4v) is 9.26. The van der Waals surface area contributed by atoms with E-state index in [0.29, 0.717) is 30.7 Å². The molecule has 7 aliphatic rings. The molecule has 3 heterocycles. The maximum absolute atomic E-state index is 13.1. The lowest BCUT2D eigenvalue weighted by atomic mass is 9.53. The molecule has 8 rings (SSSR count). The Labute approximate surface area is 243 Å². The zero-order valence-electron chi connectivity index (χ0n) is 24.2. The van der Waals surface area contributed by atoms with Crippen molar-refractivity contribution in [3.8, 4) is 5.75 Å². The molecule has 1 atom stereocenters. The first-order valence-electron chi connectivity index (χ1n) is 16.0. The summed E-state index contributed by atoms with van der Waals surface area (Å²) in [5, 5.41) is 6.44. The summed E-state index contributed by atoms with van der Waals surface area (Å²) in [5.74, 6) is 2.87. The van der Waals surface area contributed by atoms with Crippen LogP contribution < -0.4 is 15.4 Å². The molecule has 0 radical (unpaired) electrons. The van der Waals surface area contributed by atoms with Crippen LogP contribution in [0.15, 0.2) is 18.2 Å². The standard InChI is InChI=1S/C32H45N5O4/c38-29-6-5-27(30(39)34-29)37-21-26-25(31(37)40)3-1-4-28(26)41-14-13-36-9-2-8-35(11-12-36)10-7-33-32-18-22-15-23(19-32)17-24(16-22)20-32/h1,3-4,22-24,27,33H,2,5-21H2,(H,34,38,39). The molecular weight excluding hydrogens is 518 g/mol. The number of hydrogen-bond acceptors (Lipinski definition) is 7. The van der Waals surface area contributed by atoms with Gasteiger partial charge in [-0.2, -0.15) is 0 Å². The van der Waals surface area contributed by atoms with Crippen LogP contribution >= 0.6 is 0 Å². The van der Waals surface area contributed by atoms with E-state index in [4.69, 9.17) is 4.74 Å². The van der Waals surface area contributed by atoms with Crippen LogP contribution in [-0.2, 0) is 16.1 Å². The number of carbonyl (C=O) groups excluding carboxylic acids is 3. The van der Waals surface area contributed by atoms with Crippen LogP contribution in [0.4, 0.5) is 0 Å². The second-order valence-electron chi connectivity index (χ2n) is 13.7. The zero-order chi connectivity index (χ0) is 28.0. The van der Waals surface area contributed by atoms with Crippen LogP contribution in [0.5, 0.6) is 5.75 Å². The van der Waals surface area contributed by atoms with Gasteiger partial charge in [0.25, 0.3) is 5.91 Å². The highest BCUT2D eigenvalue weighted by Gasteiger charge is 2.50. The summed E-state index contributed by atoms with van der Waals surface area (Å²) in [5.41, 5.74) is 1.89. The van der Waals surface area contributed by atoms with Gasteiger partial charge in [-0.15, -0.1) is 0 Å². The van der Waals surface area contributed by atoms with Crippen molar-refractivity contribution in [2.45, 2.75) is 75.9 Å². The van der Waals surface area contributed by atoms with E-state index in [1.165, 1.54) is 44.9 Å². The topological polar surface area (TPSA) is 94.2 Å². The minimum absolute atomic E-state index is 0.162. The molecule has 6 fully saturated rings. The van der Waals surface area contributed by atoms with E-state index in [0.717, 1.165) is 74.9 Å². The van der Waals surface area contributed by atoms with Gasteiger partial charge in [-0.3, -0.25) is 24.6 Å². The third-order valence-electron chi connectivity index (χ3n) is 10.9. The van der Waals surface area contributed by atoms with Crippen molar-refractivity contribution in [1.82, 2.24) is 25.3 Å². The number of amides is 3. The minimum Gasteiger partial charge on any atom is -0.492 e. The highest BCUT2D eigenvalue weighted by atomic mass is 16.5. The minimum atomic E-state index is -0.608. The first-order valence-corrected chi connectivity index (χ1v) is 16.0. The fourth-order valence-electron chi connectivity index (χ4n) is 9.26. The third-order valence-corrected chi connectivity index (χ3v) is 10.9. The maximum atomic E-state index is 13.1.